The lowest BCUT2D eigenvalue weighted by Crippen LogP contribution is -2.39. The number of nitrogens with zero attached hydrogens (tertiary/aromatic N) is 1. The Morgan fingerprint density at radius 1 is 1.30 bits per heavy atom. The molecular formula is C13H16Cl3NO2S. The van der Waals surface area contributed by atoms with Crippen LogP contribution >= 0.6 is 34.8 Å². The summed E-state index contributed by atoms with van der Waals surface area (Å²) < 4.78 is 26.9. The Morgan fingerprint density at radius 2 is 2.00 bits per heavy atom. The number of sulfonamides is 1. The highest BCUT2D eigenvalue weighted by molar-refractivity contribution is 7.89. The zero-order valence-corrected chi connectivity index (χ0v) is 14.2. The Morgan fingerprint density at radius 3 is 2.60 bits per heavy atom. The summed E-state index contributed by atoms with van der Waals surface area (Å²) in [6.07, 6.45) is 1.92. The van der Waals surface area contributed by atoms with Crippen LogP contribution in [0.15, 0.2) is 17.0 Å². The van der Waals surface area contributed by atoms with Gasteiger partial charge < -0.3 is 0 Å². The molecular weight excluding hydrogens is 341 g/mol. The zero-order chi connectivity index (χ0) is 14.9. The van der Waals surface area contributed by atoms with Crippen molar-refractivity contribution in [2.24, 2.45) is 5.92 Å². The van der Waals surface area contributed by atoms with Gasteiger partial charge in [-0.3, -0.25) is 0 Å². The quantitative estimate of drug-likeness (QED) is 0.763. The first-order valence-electron chi connectivity index (χ1n) is 6.40. The van der Waals surface area contributed by atoms with E-state index in [-0.39, 0.29) is 15.8 Å². The molecule has 1 aromatic rings. The molecule has 7 heteroatoms. The van der Waals surface area contributed by atoms with E-state index in [0.29, 0.717) is 29.6 Å². The second kappa shape index (κ2) is 6.41. The van der Waals surface area contributed by atoms with Crippen LogP contribution in [0.5, 0.6) is 0 Å². The average Bonchev–Trinajstić information content (AvgIpc) is 2.38. The third-order valence-corrected chi connectivity index (χ3v) is 6.45. The first kappa shape index (κ1) is 16.4. The van der Waals surface area contributed by atoms with Crippen molar-refractivity contribution in [3.63, 3.8) is 0 Å². The van der Waals surface area contributed by atoms with E-state index in [0.717, 1.165) is 12.8 Å². The molecule has 1 fully saturated rings. The number of hydrogen-bond acceptors (Lipinski definition) is 2. The zero-order valence-electron chi connectivity index (χ0n) is 11.1. The Labute approximate surface area is 134 Å². The molecule has 1 aromatic carbocycles. The standard InChI is InChI=1S/C13H16Cl3NO2S/c1-9-3-2-4-17(8-9)20(18,19)13-5-10(7-14)11(15)6-12(13)16/h5-6,9H,2-4,7-8H2,1H3. The van der Waals surface area contributed by atoms with Crippen molar-refractivity contribution in [2.45, 2.75) is 30.5 Å². The Kier molecular flexibility index (Phi) is 5.24. The highest BCUT2D eigenvalue weighted by Crippen LogP contribution is 2.32. The van der Waals surface area contributed by atoms with Gasteiger partial charge in [0.25, 0.3) is 0 Å². The first-order valence-corrected chi connectivity index (χ1v) is 9.13. The molecule has 0 N–H and O–H groups in total. The van der Waals surface area contributed by atoms with E-state index in [4.69, 9.17) is 34.8 Å². The molecule has 1 unspecified atom stereocenters. The number of halogens is 3. The fourth-order valence-corrected chi connectivity index (χ4v) is 5.10. The van der Waals surface area contributed by atoms with Crippen molar-refractivity contribution in [1.82, 2.24) is 4.31 Å². The monoisotopic (exact) mass is 355 g/mol. The Hall–Kier alpha value is -0.000000000000000111. The molecule has 0 saturated carbocycles. The molecule has 2 rings (SSSR count). The maximum absolute atomic E-state index is 12.7. The summed E-state index contributed by atoms with van der Waals surface area (Å²) in [5.41, 5.74) is 0.571. The van der Waals surface area contributed by atoms with Crippen LogP contribution in [0, 0.1) is 5.92 Å². The maximum Gasteiger partial charge on any atom is 0.244 e. The minimum atomic E-state index is -3.59. The fourth-order valence-electron chi connectivity index (χ4n) is 2.37. The Bertz CT molecular complexity index is 604. The number of hydrogen-bond donors (Lipinski definition) is 0. The molecule has 0 aromatic heterocycles. The third-order valence-electron chi connectivity index (χ3n) is 3.48. The van der Waals surface area contributed by atoms with Crippen LogP contribution in [0.3, 0.4) is 0 Å². The van der Waals surface area contributed by atoms with Gasteiger partial charge >= 0.3 is 0 Å². The van der Waals surface area contributed by atoms with Crippen LogP contribution in [-0.2, 0) is 15.9 Å². The van der Waals surface area contributed by atoms with E-state index in [2.05, 4.69) is 6.92 Å². The van der Waals surface area contributed by atoms with Gasteiger partial charge in [0.2, 0.25) is 10.0 Å². The first-order chi connectivity index (χ1) is 9.36. The van der Waals surface area contributed by atoms with E-state index in [1.54, 1.807) is 0 Å². The summed E-state index contributed by atoms with van der Waals surface area (Å²) in [5.74, 6) is 0.506. The minimum Gasteiger partial charge on any atom is -0.207 e. The van der Waals surface area contributed by atoms with E-state index < -0.39 is 10.0 Å². The Balaban J connectivity index is 2.43. The second-order valence-electron chi connectivity index (χ2n) is 5.12. The largest absolute Gasteiger partial charge is 0.244 e. The highest BCUT2D eigenvalue weighted by atomic mass is 35.5. The molecule has 0 radical (unpaired) electrons. The topological polar surface area (TPSA) is 37.4 Å². The molecule has 0 aliphatic carbocycles. The summed E-state index contributed by atoms with van der Waals surface area (Å²) in [6, 6.07) is 2.92. The lowest BCUT2D eigenvalue weighted by atomic mass is 10.0. The number of benzene rings is 1. The molecule has 0 amide bonds. The third kappa shape index (κ3) is 3.25. The summed E-state index contributed by atoms with van der Waals surface area (Å²) in [4.78, 5) is 0.0910. The van der Waals surface area contributed by atoms with Gasteiger partial charge in [-0.25, -0.2) is 8.42 Å². The SMILES string of the molecule is CC1CCCN(S(=O)(=O)c2cc(CCl)c(Cl)cc2Cl)C1. The van der Waals surface area contributed by atoms with Crippen molar-refractivity contribution in [1.29, 1.82) is 0 Å². The van der Waals surface area contributed by atoms with Crippen LogP contribution in [0.1, 0.15) is 25.3 Å². The van der Waals surface area contributed by atoms with Crippen LogP contribution in [-0.4, -0.2) is 25.8 Å². The smallest absolute Gasteiger partial charge is 0.207 e. The van der Waals surface area contributed by atoms with Gasteiger partial charge in [-0.15, -0.1) is 11.6 Å². The number of rotatable bonds is 3. The van der Waals surface area contributed by atoms with E-state index in [1.807, 2.05) is 0 Å². The summed E-state index contributed by atoms with van der Waals surface area (Å²) in [7, 11) is -3.59. The maximum atomic E-state index is 12.7. The normalized spacial score (nSPS) is 21.1. The van der Waals surface area contributed by atoms with Crippen LogP contribution < -0.4 is 0 Å². The minimum absolute atomic E-state index is 0.0910. The van der Waals surface area contributed by atoms with Gasteiger partial charge in [0.15, 0.2) is 0 Å². The van der Waals surface area contributed by atoms with Crippen molar-refractivity contribution in [3.05, 3.63) is 27.7 Å². The van der Waals surface area contributed by atoms with Gasteiger partial charge in [0.05, 0.1) is 5.02 Å². The second-order valence-corrected chi connectivity index (χ2v) is 8.11. The average molecular weight is 357 g/mol. The summed E-state index contributed by atoms with van der Waals surface area (Å²) >= 11 is 17.8. The van der Waals surface area contributed by atoms with E-state index in [1.165, 1.54) is 16.4 Å². The van der Waals surface area contributed by atoms with Crippen LogP contribution in [0.2, 0.25) is 10.0 Å². The van der Waals surface area contributed by atoms with Crippen molar-refractivity contribution >= 4 is 44.8 Å². The molecule has 3 nitrogen and oxygen atoms in total. The molecule has 1 aliphatic rings. The van der Waals surface area contributed by atoms with Gasteiger partial charge in [-0.05, 0) is 36.5 Å². The van der Waals surface area contributed by atoms with E-state index in [9.17, 15) is 8.42 Å². The molecule has 1 heterocycles. The molecule has 1 aliphatic heterocycles. The molecule has 112 valence electrons. The van der Waals surface area contributed by atoms with Crippen molar-refractivity contribution in [3.8, 4) is 0 Å². The van der Waals surface area contributed by atoms with Crippen molar-refractivity contribution < 1.29 is 8.42 Å². The molecule has 1 saturated heterocycles. The van der Waals surface area contributed by atoms with Crippen LogP contribution in [0.25, 0.3) is 0 Å². The van der Waals surface area contributed by atoms with Gasteiger partial charge in [0, 0.05) is 24.0 Å². The van der Waals surface area contributed by atoms with Gasteiger partial charge in [-0.1, -0.05) is 30.1 Å². The number of piperidine rings is 1. The van der Waals surface area contributed by atoms with Gasteiger partial charge in [-0.2, -0.15) is 4.31 Å². The van der Waals surface area contributed by atoms with Crippen molar-refractivity contribution in [2.75, 3.05) is 13.1 Å². The lowest BCUT2D eigenvalue weighted by molar-refractivity contribution is 0.281. The molecule has 20 heavy (non-hydrogen) atoms. The van der Waals surface area contributed by atoms with Gasteiger partial charge in [0.1, 0.15) is 4.90 Å². The molecule has 0 spiro atoms. The predicted molar refractivity (Wildman–Crippen MR) is 83.2 cm³/mol. The summed E-state index contributed by atoms with van der Waals surface area (Å²) in [6.45, 7) is 3.11. The van der Waals surface area contributed by atoms with Crippen LogP contribution in [0.4, 0.5) is 0 Å². The lowest BCUT2D eigenvalue weighted by Gasteiger charge is -2.30. The van der Waals surface area contributed by atoms with E-state index >= 15 is 0 Å². The predicted octanol–water partition coefficient (Wildman–Crippen LogP) is 4.15. The molecule has 0 bridgehead atoms. The fraction of sp³-hybridized carbons (Fsp3) is 0.538. The molecule has 1 atom stereocenters. The highest BCUT2D eigenvalue weighted by Gasteiger charge is 2.30. The summed E-state index contributed by atoms with van der Waals surface area (Å²) in [5, 5.41) is 0.526. The number of alkyl halides is 1.